The highest BCUT2D eigenvalue weighted by Crippen LogP contribution is 2.40. The molecule has 3 N–H and O–H groups in total. The lowest BCUT2D eigenvalue weighted by molar-refractivity contribution is -0.139. The number of hydrogen-bond donors (Lipinski definition) is 3. The van der Waals surface area contributed by atoms with E-state index in [2.05, 4.69) is 58.1 Å². The van der Waals surface area contributed by atoms with Crippen molar-refractivity contribution in [2.45, 2.75) is 70.3 Å². The number of nitrogens with zero attached hydrogens (tertiary/aromatic N) is 4. The van der Waals surface area contributed by atoms with Gasteiger partial charge in [0.25, 0.3) is 0 Å². The number of alkyl carbamates (subject to hydrolysis) is 2. The number of imidazole rings is 1. The standard InChI is InChI=1S/C50H51F2N7O7/c1-27(2)42(56-49(62)64-3)46(60)58-20-8-11-40(58)45-54-38-19-15-33-23-31(13-17-35(33)44(38)55-45)30-12-16-34-32(22-30)14-18-37-36(34)24-39(53-37)41-21-28(26-66-48(51)52)25-59(41)47(61)43(57-50(63)65-4)29-9-6-5-7-10-29/h5-7,9-10,12-19,22-23,27-28,40-43,48H,8,11,20-21,24-26H2,1-4H3,(H,54,55)(H,56,62)(H,57,63)/t28-,40-,41-,42-,43+/m0/s1. The van der Waals surface area contributed by atoms with Crippen LogP contribution in [0.4, 0.5) is 24.1 Å². The third-order valence-corrected chi connectivity index (χ3v) is 13.1. The monoisotopic (exact) mass is 899 g/mol. The molecule has 0 radical (unpaired) electrons. The zero-order valence-electron chi connectivity index (χ0n) is 37.1. The second kappa shape index (κ2) is 18.5. The number of benzene rings is 5. The first-order valence-corrected chi connectivity index (χ1v) is 22.2. The van der Waals surface area contributed by atoms with Crippen LogP contribution in [0.2, 0.25) is 0 Å². The first-order valence-electron chi connectivity index (χ1n) is 22.2. The Labute approximate surface area is 379 Å². The maximum atomic E-state index is 14.4. The Morgan fingerprint density at radius 2 is 1.52 bits per heavy atom. The van der Waals surface area contributed by atoms with Crippen LogP contribution in [0.15, 0.2) is 96.0 Å². The first kappa shape index (κ1) is 44.3. The molecule has 9 rings (SSSR count). The van der Waals surface area contributed by atoms with Crippen LogP contribution in [0.5, 0.6) is 0 Å². The first-order chi connectivity index (χ1) is 31.9. The van der Waals surface area contributed by atoms with Gasteiger partial charge in [0, 0.05) is 36.5 Å². The van der Waals surface area contributed by atoms with E-state index in [1.54, 1.807) is 29.2 Å². The van der Waals surface area contributed by atoms with Crippen molar-refractivity contribution in [3.63, 3.8) is 0 Å². The summed E-state index contributed by atoms with van der Waals surface area (Å²) in [5.41, 5.74) is 6.82. The Kier molecular flexibility index (Phi) is 12.4. The van der Waals surface area contributed by atoms with E-state index in [1.807, 2.05) is 43.0 Å². The number of aromatic nitrogens is 2. The zero-order chi connectivity index (χ0) is 46.2. The minimum Gasteiger partial charge on any atom is -0.453 e. The van der Waals surface area contributed by atoms with E-state index in [1.165, 1.54) is 14.2 Å². The van der Waals surface area contributed by atoms with Gasteiger partial charge in [0.1, 0.15) is 17.9 Å². The molecule has 66 heavy (non-hydrogen) atoms. The van der Waals surface area contributed by atoms with Crippen molar-refractivity contribution in [2.24, 2.45) is 16.8 Å². The fraction of sp³-hybridized carbons (Fsp3) is 0.360. The molecule has 4 amide bonds. The van der Waals surface area contributed by atoms with Crippen LogP contribution in [-0.2, 0) is 30.2 Å². The zero-order valence-corrected chi connectivity index (χ0v) is 37.1. The Hall–Kier alpha value is -6.94. The minimum atomic E-state index is -2.94. The maximum Gasteiger partial charge on any atom is 0.407 e. The Morgan fingerprint density at radius 3 is 2.23 bits per heavy atom. The number of halogens is 2. The van der Waals surface area contributed by atoms with Crippen molar-refractivity contribution >= 4 is 68.0 Å². The van der Waals surface area contributed by atoms with Crippen LogP contribution in [0.25, 0.3) is 43.7 Å². The normalized spacial score (nSPS) is 19.1. The lowest BCUT2D eigenvalue weighted by Gasteiger charge is -2.29. The van der Waals surface area contributed by atoms with Crippen LogP contribution in [-0.4, -0.2) is 102 Å². The van der Waals surface area contributed by atoms with Crippen molar-refractivity contribution < 1.29 is 42.2 Å². The summed E-state index contributed by atoms with van der Waals surface area (Å²) in [6.45, 7) is 1.33. The number of nitrogens with one attached hydrogen (secondary N) is 3. The molecule has 0 aliphatic carbocycles. The second-order valence-electron chi connectivity index (χ2n) is 17.5. The largest absolute Gasteiger partial charge is 0.453 e. The molecule has 3 aliphatic rings. The Bertz CT molecular complexity index is 2870. The summed E-state index contributed by atoms with van der Waals surface area (Å²) in [5.74, 6) is -0.363. The van der Waals surface area contributed by atoms with Gasteiger partial charge in [0.15, 0.2) is 0 Å². The number of H-pyrrole nitrogens is 1. The van der Waals surface area contributed by atoms with Gasteiger partial charge >= 0.3 is 18.8 Å². The fourth-order valence-corrected chi connectivity index (χ4v) is 9.86. The van der Waals surface area contributed by atoms with Crippen molar-refractivity contribution in [2.75, 3.05) is 33.9 Å². The highest BCUT2D eigenvalue weighted by molar-refractivity contribution is 6.08. The molecule has 16 heteroatoms. The van der Waals surface area contributed by atoms with Gasteiger partial charge in [-0.05, 0) is 87.9 Å². The maximum absolute atomic E-state index is 14.4. The molecule has 6 aromatic rings. The van der Waals surface area contributed by atoms with Gasteiger partial charge in [0.05, 0.1) is 49.6 Å². The van der Waals surface area contributed by atoms with Gasteiger partial charge in [-0.1, -0.05) is 80.6 Å². The number of aromatic amines is 1. The lowest BCUT2D eigenvalue weighted by Crippen LogP contribution is -2.51. The Balaban J connectivity index is 0.957. The number of amides is 4. The van der Waals surface area contributed by atoms with E-state index in [-0.39, 0.29) is 36.9 Å². The SMILES string of the molecule is COC(=O)N[C@H](C(=O)N1CCC[C@H]1c1nc2c(ccc3cc(-c4ccc5c6c(ccc5c4)N=C([C@@H]4C[C@H](COC(F)F)CN4C(=O)[C@H](NC(=O)OC)c4ccccc4)C6)ccc32)[nH]1)C(C)C. The van der Waals surface area contributed by atoms with Gasteiger partial charge in [-0.25, -0.2) is 14.6 Å². The van der Waals surface area contributed by atoms with E-state index in [0.29, 0.717) is 30.8 Å². The summed E-state index contributed by atoms with van der Waals surface area (Å²) in [5, 5.41) is 9.40. The third kappa shape index (κ3) is 8.64. The summed E-state index contributed by atoms with van der Waals surface area (Å²) in [6, 6.07) is 27.0. The van der Waals surface area contributed by atoms with Crippen LogP contribution in [0.3, 0.4) is 0 Å². The van der Waals surface area contributed by atoms with E-state index in [0.717, 1.165) is 73.5 Å². The van der Waals surface area contributed by atoms with Gasteiger partial charge in [-0.2, -0.15) is 8.78 Å². The van der Waals surface area contributed by atoms with Gasteiger partial charge in [0.2, 0.25) is 11.8 Å². The molecule has 0 saturated carbocycles. The second-order valence-corrected chi connectivity index (χ2v) is 17.5. The smallest absolute Gasteiger partial charge is 0.407 e. The van der Waals surface area contributed by atoms with Crippen LogP contribution < -0.4 is 10.6 Å². The predicted octanol–water partition coefficient (Wildman–Crippen LogP) is 8.76. The van der Waals surface area contributed by atoms with Crippen LogP contribution in [0.1, 0.15) is 62.1 Å². The molecule has 14 nitrogen and oxygen atoms in total. The number of alkyl halides is 2. The number of ether oxygens (including phenoxy) is 3. The quantitative estimate of drug-likeness (QED) is 0.110. The molecule has 2 fully saturated rings. The van der Waals surface area contributed by atoms with E-state index in [4.69, 9.17) is 24.2 Å². The molecule has 4 heterocycles. The number of rotatable bonds is 12. The molecule has 2 saturated heterocycles. The van der Waals surface area contributed by atoms with Crippen molar-refractivity contribution in [3.8, 4) is 11.1 Å². The molecule has 342 valence electrons. The van der Waals surface area contributed by atoms with E-state index >= 15 is 0 Å². The molecular formula is C50H51F2N7O7. The van der Waals surface area contributed by atoms with E-state index < -0.39 is 42.8 Å². The summed E-state index contributed by atoms with van der Waals surface area (Å²) in [4.78, 5) is 69.7. The van der Waals surface area contributed by atoms with Gasteiger partial charge < -0.3 is 39.6 Å². The van der Waals surface area contributed by atoms with Crippen molar-refractivity contribution in [1.82, 2.24) is 30.4 Å². The third-order valence-electron chi connectivity index (χ3n) is 13.1. The van der Waals surface area contributed by atoms with Crippen LogP contribution >= 0.6 is 0 Å². The van der Waals surface area contributed by atoms with Crippen molar-refractivity contribution in [1.29, 1.82) is 0 Å². The highest BCUT2D eigenvalue weighted by atomic mass is 19.3. The average molecular weight is 900 g/mol. The summed E-state index contributed by atoms with van der Waals surface area (Å²) in [6.07, 6.45) is 0.976. The predicted molar refractivity (Wildman–Crippen MR) is 245 cm³/mol. The van der Waals surface area contributed by atoms with Gasteiger partial charge in [-0.15, -0.1) is 0 Å². The molecule has 0 spiro atoms. The fourth-order valence-electron chi connectivity index (χ4n) is 9.86. The summed E-state index contributed by atoms with van der Waals surface area (Å²) in [7, 11) is 2.51. The molecular weight excluding hydrogens is 849 g/mol. The number of fused-ring (bicyclic) bond motifs is 6. The molecule has 0 bridgehead atoms. The minimum absolute atomic E-state index is 0.137. The van der Waals surface area contributed by atoms with E-state index in [9.17, 15) is 28.0 Å². The van der Waals surface area contributed by atoms with Gasteiger partial charge in [-0.3, -0.25) is 14.6 Å². The topological polar surface area (TPSA) is 168 Å². The molecule has 0 unspecified atom stereocenters. The number of aliphatic imine (C=N–C) groups is 1. The molecule has 5 atom stereocenters. The average Bonchev–Trinajstić information content (AvgIpc) is 4.16. The number of carbonyl (C=O) groups is 4. The highest BCUT2D eigenvalue weighted by Gasteiger charge is 2.43. The number of hydrogen-bond acceptors (Lipinski definition) is 9. The lowest BCUT2D eigenvalue weighted by atomic mass is 9.94. The van der Waals surface area contributed by atoms with Crippen molar-refractivity contribution in [3.05, 3.63) is 108 Å². The molecule has 5 aromatic carbocycles. The van der Waals surface area contributed by atoms with Crippen LogP contribution in [0, 0.1) is 11.8 Å². The number of carbonyl (C=O) groups excluding carboxylic acids is 4. The molecule has 3 aliphatic heterocycles. The Morgan fingerprint density at radius 1 is 0.818 bits per heavy atom. The number of likely N-dealkylation sites (tertiary alicyclic amines) is 2. The summed E-state index contributed by atoms with van der Waals surface area (Å²) < 4.78 is 40.8. The number of methoxy groups -OCH3 is 2. The summed E-state index contributed by atoms with van der Waals surface area (Å²) >= 11 is 0. The molecule has 1 aromatic heterocycles.